The first-order valence-electron chi connectivity index (χ1n) is 13.1. The Morgan fingerprint density at radius 3 is 1.28 bits per heavy atom. The fourth-order valence-corrected chi connectivity index (χ4v) is 5.23. The van der Waals surface area contributed by atoms with Crippen LogP contribution < -0.4 is 0 Å². The predicted octanol–water partition coefficient (Wildman–Crippen LogP) is 8.59. The van der Waals surface area contributed by atoms with E-state index in [0.717, 1.165) is 22.4 Å². The minimum absolute atomic E-state index is 0.655. The lowest BCUT2D eigenvalue weighted by molar-refractivity contribution is 1.07. The van der Waals surface area contributed by atoms with Gasteiger partial charge in [0.25, 0.3) is 0 Å². The Labute approximate surface area is 227 Å². The molecule has 39 heavy (non-hydrogen) atoms. The van der Waals surface area contributed by atoms with E-state index in [2.05, 4.69) is 79.1 Å². The van der Waals surface area contributed by atoms with Crippen molar-refractivity contribution in [3.63, 3.8) is 0 Å². The van der Waals surface area contributed by atoms with Gasteiger partial charge in [-0.25, -0.2) is 15.0 Å². The lowest BCUT2D eigenvalue weighted by atomic mass is 10.1. The second-order valence-corrected chi connectivity index (χ2v) is 9.96. The molecule has 0 aliphatic heterocycles. The van der Waals surface area contributed by atoms with Crippen LogP contribution in [0.15, 0.2) is 121 Å². The van der Waals surface area contributed by atoms with E-state index in [1.165, 1.54) is 32.9 Å². The van der Waals surface area contributed by atoms with Crippen molar-refractivity contribution < 1.29 is 0 Å². The molecule has 4 heteroatoms. The molecule has 5 aromatic carbocycles. The Bertz CT molecular complexity index is 1840. The molecule has 0 fully saturated rings. The van der Waals surface area contributed by atoms with E-state index in [9.17, 15) is 0 Å². The van der Waals surface area contributed by atoms with Gasteiger partial charge in [0.2, 0.25) is 0 Å². The molecule has 0 N–H and O–H groups in total. The van der Waals surface area contributed by atoms with E-state index >= 15 is 0 Å². The Kier molecular flexibility index (Phi) is 5.52. The largest absolute Gasteiger partial charge is 0.309 e. The number of benzene rings is 5. The van der Waals surface area contributed by atoms with Crippen LogP contribution >= 0.6 is 0 Å². The zero-order valence-corrected chi connectivity index (χ0v) is 21.8. The lowest BCUT2D eigenvalue weighted by Gasteiger charge is -2.11. The molecule has 0 unspecified atom stereocenters. The lowest BCUT2D eigenvalue weighted by Crippen LogP contribution is -2.00. The van der Waals surface area contributed by atoms with Gasteiger partial charge in [-0.1, -0.05) is 83.9 Å². The van der Waals surface area contributed by atoms with Crippen LogP contribution in [0.3, 0.4) is 0 Å². The van der Waals surface area contributed by atoms with Gasteiger partial charge in [0.15, 0.2) is 17.5 Å². The number of nitrogens with zero attached hydrogens (tertiary/aromatic N) is 4. The molecule has 0 aliphatic carbocycles. The number of aryl methyl sites for hydroxylation is 2. The van der Waals surface area contributed by atoms with Crippen LogP contribution in [0, 0.1) is 13.8 Å². The first-order chi connectivity index (χ1) is 19.1. The molecule has 0 saturated heterocycles. The normalized spacial score (nSPS) is 11.3. The van der Waals surface area contributed by atoms with Gasteiger partial charge in [0, 0.05) is 33.2 Å². The predicted molar refractivity (Wildman–Crippen MR) is 160 cm³/mol. The molecule has 7 rings (SSSR count). The molecule has 0 radical (unpaired) electrons. The molecule has 2 heterocycles. The number of hydrogen-bond donors (Lipinski definition) is 0. The molecule has 0 spiro atoms. The van der Waals surface area contributed by atoms with Crippen molar-refractivity contribution in [3.8, 4) is 39.9 Å². The summed E-state index contributed by atoms with van der Waals surface area (Å²) in [4.78, 5) is 14.6. The Morgan fingerprint density at radius 2 is 0.846 bits per heavy atom. The van der Waals surface area contributed by atoms with Crippen molar-refractivity contribution in [1.29, 1.82) is 0 Å². The third kappa shape index (κ3) is 4.16. The van der Waals surface area contributed by atoms with Crippen LogP contribution in [-0.2, 0) is 0 Å². The summed E-state index contributed by atoms with van der Waals surface area (Å²) in [6.07, 6.45) is 0. The summed E-state index contributed by atoms with van der Waals surface area (Å²) in [6.45, 7) is 4.30. The maximum atomic E-state index is 4.88. The molecule has 4 nitrogen and oxygen atoms in total. The fraction of sp³-hybridized carbons (Fsp3) is 0.0571. The molecule has 2 aromatic heterocycles. The van der Waals surface area contributed by atoms with E-state index in [1.807, 2.05) is 60.7 Å². The highest BCUT2D eigenvalue weighted by atomic mass is 15.0. The molecule has 0 amide bonds. The fourth-order valence-electron chi connectivity index (χ4n) is 5.23. The van der Waals surface area contributed by atoms with Gasteiger partial charge in [0.1, 0.15) is 0 Å². The smallest absolute Gasteiger partial charge is 0.164 e. The maximum absolute atomic E-state index is 4.88. The number of rotatable bonds is 4. The third-order valence-corrected chi connectivity index (χ3v) is 7.16. The van der Waals surface area contributed by atoms with Crippen LogP contribution in [0.2, 0.25) is 0 Å². The van der Waals surface area contributed by atoms with Crippen molar-refractivity contribution in [2.45, 2.75) is 13.8 Å². The number of hydrogen-bond acceptors (Lipinski definition) is 3. The molecular weight excluding hydrogens is 476 g/mol. The molecule has 0 bridgehead atoms. The summed E-state index contributed by atoms with van der Waals surface area (Å²) in [7, 11) is 0. The minimum Gasteiger partial charge on any atom is -0.309 e. The highest BCUT2D eigenvalue weighted by Crippen LogP contribution is 2.34. The maximum Gasteiger partial charge on any atom is 0.164 e. The first kappa shape index (κ1) is 23.1. The van der Waals surface area contributed by atoms with Crippen LogP contribution in [0.4, 0.5) is 0 Å². The second kappa shape index (κ2) is 9.34. The van der Waals surface area contributed by atoms with E-state index in [-0.39, 0.29) is 0 Å². The summed E-state index contributed by atoms with van der Waals surface area (Å²) < 4.78 is 2.34. The molecule has 186 valence electrons. The average molecular weight is 503 g/mol. The SMILES string of the molecule is Cc1ccc2c(c1)c1cc(C)ccc1n2-c1ccc(-c2nc(-c3ccccc3)nc(-c3ccccc3)n2)cc1. The summed E-state index contributed by atoms with van der Waals surface area (Å²) in [6, 6.07) is 42.0. The standard InChI is InChI=1S/C35H26N4/c1-23-13-19-31-29(21-23)30-22-24(2)14-20-32(30)39(31)28-17-15-27(16-18-28)35-37-33(25-9-5-3-6-10-25)36-34(38-35)26-11-7-4-8-12-26/h3-22H,1-2H3. The van der Waals surface area contributed by atoms with Gasteiger partial charge < -0.3 is 4.57 Å². The molecular formula is C35H26N4. The zero-order chi connectivity index (χ0) is 26.3. The van der Waals surface area contributed by atoms with E-state index in [1.54, 1.807) is 0 Å². The average Bonchev–Trinajstić information content (AvgIpc) is 3.30. The molecule has 0 saturated carbocycles. The van der Waals surface area contributed by atoms with Gasteiger partial charge >= 0.3 is 0 Å². The van der Waals surface area contributed by atoms with Crippen molar-refractivity contribution >= 4 is 21.8 Å². The van der Waals surface area contributed by atoms with Crippen LogP contribution in [0.25, 0.3) is 61.7 Å². The van der Waals surface area contributed by atoms with Gasteiger partial charge in [0.05, 0.1) is 11.0 Å². The van der Waals surface area contributed by atoms with Gasteiger partial charge in [-0.05, 0) is 62.4 Å². The minimum atomic E-state index is 0.655. The monoisotopic (exact) mass is 502 g/mol. The van der Waals surface area contributed by atoms with Gasteiger partial charge in [-0.3, -0.25) is 0 Å². The van der Waals surface area contributed by atoms with Crippen molar-refractivity contribution in [3.05, 3.63) is 132 Å². The molecule has 0 atom stereocenters. The summed E-state index contributed by atoms with van der Waals surface area (Å²) in [5.74, 6) is 1.98. The van der Waals surface area contributed by atoms with Crippen LogP contribution in [0.1, 0.15) is 11.1 Å². The van der Waals surface area contributed by atoms with E-state index in [4.69, 9.17) is 15.0 Å². The van der Waals surface area contributed by atoms with Crippen LogP contribution in [0.5, 0.6) is 0 Å². The first-order valence-corrected chi connectivity index (χ1v) is 13.1. The summed E-state index contributed by atoms with van der Waals surface area (Å²) >= 11 is 0. The quantitative estimate of drug-likeness (QED) is 0.242. The topological polar surface area (TPSA) is 43.6 Å². The Morgan fingerprint density at radius 1 is 0.436 bits per heavy atom. The second-order valence-electron chi connectivity index (χ2n) is 9.96. The Hall–Kier alpha value is -5.09. The van der Waals surface area contributed by atoms with E-state index < -0.39 is 0 Å². The third-order valence-electron chi connectivity index (χ3n) is 7.16. The van der Waals surface area contributed by atoms with Gasteiger partial charge in [-0.15, -0.1) is 0 Å². The van der Waals surface area contributed by atoms with Crippen molar-refractivity contribution in [2.24, 2.45) is 0 Å². The summed E-state index contributed by atoms with van der Waals surface area (Å²) in [5, 5.41) is 2.55. The van der Waals surface area contributed by atoms with Gasteiger partial charge in [-0.2, -0.15) is 0 Å². The summed E-state index contributed by atoms with van der Waals surface area (Å²) in [5.41, 5.74) is 8.90. The Balaban J connectivity index is 1.37. The highest BCUT2D eigenvalue weighted by Gasteiger charge is 2.15. The zero-order valence-electron chi connectivity index (χ0n) is 21.8. The molecule has 7 aromatic rings. The number of fused-ring (bicyclic) bond motifs is 3. The highest BCUT2D eigenvalue weighted by molar-refractivity contribution is 6.09. The van der Waals surface area contributed by atoms with Crippen LogP contribution in [-0.4, -0.2) is 19.5 Å². The van der Waals surface area contributed by atoms with Crippen molar-refractivity contribution in [1.82, 2.24) is 19.5 Å². The van der Waals surface area contributed by atoms with Crippen molar-refractivity contribution in [2.75, 3.05) is 0 Å². The van der Waals surface area contributed by atoms with E-state index in [0.29, 0.717) is 17.5 Å². The molecule has 0 aliphatic rings. The number of aromatic nitrogens is 4.